The predicted molar refractivity (Wildman–Crippen MR) is 132 cm³/mol. The van der Waals surface area contributed by atoms with Gasteiger partial charge in [0.25, 0.3) is 0 Å². The molecule has 0 unspecified atom stereocenters. The zero-order valence-corrected chi connectivity index (χ0v) is 20.8. The fourth-order valence-electron chi connectivity index (χ4n) is 3.15. The molecular formula is C25H27N5O7. The summed E-state index contributed by atoms with van der Waals surface area (Å²) in [6.45, 7) is 0.678. The van der Waals surface area contributed by atoms with Crippen molar-refractivity contribution in [1.29, 1.82) is 0 Å². The van der Waals surface area contributed by atoms with Gasteiger partial charge in [-0.2, -0.15) is 0 Å². The summed E-state index contributed by atoms with van der Waals surface area (Å²) < 4.78 is 26.4. The van der Waals surface area contributed by atoms with Gasteiger partial charge in [-0.15, -0.1) is 5.10 Å². The second-order valence-corrected chi connectivity index (χ2v) is 7.30. The number of carbonyl (C=O) groups is 2. The highest BCUT2D eigenvalue weighted by Gasteiger charge is 2.17. The summed E-state index contributed by atoms with van der Waals surface area (Å²) in [5, 5.41) is 4.32. The third-order valence-corrected chi connectivity index (χ3v) is 4.95. The van der Waals surface area contributed by atoms with E-state index in [1.54, 1.807) is 18.2 Å². The molecule has 194 valence electrons. The molecule has 0 aliphatic carbocycles. The van der Waals surface area contributed by atoms with Crippen LogP contribution in [0.2, 0.25) is 0 Å². The number of anilines is 1. The first kappa shape index (κ1) is 26.9. The maximum absolute atomic E-state index is 11.9. The van der Waals surface area contributed by atoms with E-state index in [2.05, 4.69) is 19.8 Å². The minimum atomic E-state index is -0.519. The van der Waals surface area contributed by atoms with Crippen LogP contribution < -0.4 is 15.2 Å². The zero-order chi connectivity index (χ0) is 26.8. The predicted octanol–water partition coefficient (Wildman–Crippen LogP) is 2.70. The molecule has 0 amide bonds. The Morgan fingerprint density at radius 1 is 0.811 bits per heavy atom. The van der Waals surface area contributed by atoms with E-state index >= 15 is 0 Å². The van der Waals surface area contributed by atoms with Crippen molar-refractivity contribution in [3.63, 3.8) is 0 Å². The van der Waals surface area contributed by atoms with Gasteiger partial charge in [0.2, 0.25) is 0 Å². The van der Waals surface area contributed by atoms with Gasteiger partial charge in [-0.25, -0.2) is 24.1 Å². The van der Waals surface area contributed by atoms with Crippen molar-refractivity contribution < 1.29 is 33.3 Å². The molecule has 0 atom stereocenters. The third-order valence-electron chi connectivity index (χ3n) is 4.95. The number of nitrogen functional groups attached to an aromatic ring is 1. The monoisotopic (exact) mass is 509 g/mol. The highest BCUT2D eigenvalue weighted by molar-refractivity contribution is 5.88. The van der Waals surface area contributed by atoms with Gasteiger partial charge in [-0.3, -0.25) is 0 Å². The van der Waals surface area contributed by atoms with E-state index in [1.807, 2.05) is 30.3 Å². The van der Waals surface area contributed by atoms with Crippen LogP contribution in [-0.4, -0.2) is 60.0 Å². The van der Waals surface area contributed by atoms with Crippen molar-refractivity contribution in [3.8, 4) is 11.5 Å². The Morgan fingerprint density at radius 3 is 2.11 bits per heavy atom. The number of rotatable bonds is 8. The Labute approximate surface area is 212 Å². The second-order valence-electron chi connectivity index (χ2n) is 7.30. The number of fused-ring (bicyclic) bond motifs is 1. The highest BCUT2D eigenvalue weighted by Crippen LogP contribution is 2.20. The molecule has 0 aliphatic rings. The molecule has 0 radical (unpaired) electrons. The van der Waals surface area contributed by atoms with E-state index in [-0.39, 0.29) is 23.8 Å². The first-order valence-corrected chi connectivity index (χ1v) is 10.9. The van der Waals surface area contributed by atoms with E-state index in [0.29, 0.717) is 29.6 Å². The number of pyridine rings is 2. The number of ether oxygens (including phenoxy) is 5. The van der Waals surface area contributed by atoms with Crippen molar-refractivity contribution in [2.45, 2.75) is 13.2 Å². The first-order valence-electron chi connectivity index (χ1n) is 10.9. The summed E-state index contributed by atoms with van der Waals surface area (Å²) in [4.78, 5) is 31.0. The molecule has 0 fully saturated rings. The van der Waals surface area contributed by atoms with E-state index < -0.39 is 11.9 Å². The standard InChI is InChI=1S/C17H17N3O4.C8H10N2O3/c1-22-14-9-8-13(17(21)23-2)20-16(14)18-15(19-20)11-24-10-12-6-4-3-5-7-12;1-12-6-4-3-5(8(11)13-2)10-7(6)9/h3-9H,10-11H2,1-2H3;3-4H,1-2H3,(H2,9,10). The Hall–Kier alpha value is -4.71. The Bertz CT molecular complexity index is 1360. The molecule has 0 saturated heterocycles. The van der Waals surface area contributed by atoms with Gasteiger partial charge < -0.3 is 29.4 Å². The molecule has 0 aliphatic heterocycles. The fourth-order valence-corrected chi connectivity index (χ4v) is 3.15. The van der Waals surface area contributed by atoms with Gasteiger partial charge in [0.15, 0.2) is 40.2 Å². The molecule has 37 heavy (non-hydrogen) atoms. The summed E-state index contributed by atoms with van der Waals surface area (Å²) >= 11 is 0. The molecule has 0 spiro atoms. The number of nitrogens with two attached hydrogens (primary N) is 1. The zero-order valence-electron chi connectivity index (χ0n) is 20.8. The van der Waals surface area contributed by atoms with Crippen LogP contribution in [-0.2, 0) is 27.4 Å². The summed E-state index contributed by atoms with van der Waals surface area (Å²) in [5.41, 5.74) is 7.43. The number of methoxy groups -OCH3 is 4. The molecule has 4 rings (SSSR count). The van der Waals surface area contributed by atoms with Crippen LogP contribution in [0, 0.1) is 0 Å². The lowest BCUT2D eigenvalue weighted by Crippen LogP contribution is -2.09. The van der Waals surface area contributed by atoms with E-state index in [0.717, 1.165) is 5.56 Å². The number of hydrogen-bond acceptors (Lipinski definition) is 11. The molecule has 3 heterocycles. The summed E-state index contributed by atoms with van der Waals surface area (Å²) in [5.74, 6) is 0.571. The topological polar surface area (TPSA) is 149 Å². The maximum atomic E-state index is 11.9. The molecule has 3 aromatic heterocycles. The molecule has 1 aromatic carbocycles. The van der Waals surface area contributed by atoms with Gasteiger partial charge in [-0.1, -0.05) is 30.3 Å². The average Bonchev–Trinajstić information content (AvgIpc) is 3.36. The summed E-state index contributed by atoms with van der Waals surface area (Å²) in [7, 11) is 5.61. The van der Waals surface area contributed by atoms with E-state index in [9.17, 15) is 9.59 Å². The Morgan fingerprint density at radius 2 is 1.49 bits per heavy atom. The first-order chi connectivity index (χ1) is 17.9. The molecular weight excluding hydrogens is 482 g/mol. The molecule has 12 nitrogen and oxygen atoms in total. The smallest absolute Gasteiger partial charge is 0.356 e. The number of hydrogen-bond donors (Lipinski definition) is 1. The number of carbonyl (C=O) groups excluding carboxylic acids is 2. The lowest BCUT2D eigenvalue weighted by Gasteiger charge is -2.04. The Balaban J connectivity index is 0.000000248. The van der Waals surface area contributed by atoms with Crippen LogP contribution >= 0.6 is 0 Å². The van der Waals surface area contributed by atoms with Gasteiger partial charge in [0, 0.05) is 0 Å². The summed E-state index contributed by atoms with van der Waals surface area (Å²) in [6.07, 6.45) is 0. The quantitative estimate of drug-likeness (QED) is 0.349. The number of nitrogens with zero attached hydrogens (tertiary/aromatic N) is 4. The maximum Gasteiger partial charge on any atom is 0.356 e. The van der Waals surface area contributed by atoms with Crippen LogP contribution in [0.5, 0.6) is 11.5 Å². The second kappa shape index (κ2) is 12.8. The third kappa shape index (κ3) is 6.70. The van der Waals surface area contributed by atoms with Crippen molar-refractivity contribution >= 4 is 23.4 Å². The van der Waals surface area contributed by atoms with Crippen molar-refractivity contribution in [2.24, 2.45) is 0 Å². The van der Waals surface area contributed by atoms with Crippen LogP contribution in [0.1, 0.15) is 32.4 Å². The molecule has 0 saturated carbocycles. The van der Waals surface area contributed by atoms with E-state index in [4.69, 9.17) is 24.7 Å². The fraction of sp³-hybridized carbons (Fsp3) is 0.240. The van der Waals surface area contributed by atoms with Crippen molar-refractivity contribution in [2.75, 3.05) is 34.2 Å². The van der Waals surface area contributed by atoms with Gasteiger partial charge in [0.05, 0.1) is 35.0 Å². The SMILES string of the molecule is COC(=O)c1ccc(OC)c(N)n1.COC(=O)c1ccc(OC)c2nc(COCc3ccccc3)nn12. The molecule has 0 bridgehead atoms. The lowest BCUT2D eigenvalue weighted by molar-refractivity contribution is 0.0583. The summed E-state index contributed by atoms with van der Waals surface area (Å²) in [6, 6.07) is 16.1. The Kier molecular flexibility index (Phi) is 9.33. The van der Waals surface area contributed by atoms with E-state index in [1.165, 1.54) is 39.0 Å². The molecule has 4 aromatic rings. The minimum Gasteiger partial charge on any atom is -0.493 e. The number of benzene rings is 1. The number of aromatic nitrogens is 4. The number of esters is 2. The van der Waals surface area contributed by atoms with Gasteiger partial charge in [0.1, 0.15) is 6.61 Å². The molecule has 2 N–H and O–H groups in total. The molecule has 12 heteroatoms. The van der Waals surface area contributed by atoms with Crippen molar-refractivity contribution in [1.82, 2.24) is 19.6 Å². The van der Waals surface area contributed by atoms with Crippen LogP contribution in [0.3, 0.4) is 0 Å². The lowest BCUT2D eigenvalue weighted by atomic mass is 10.2. The van der Waals surface area contributed by atoms with Crippen LogP contribution in [0.15, 0.2) is 54.6 Å². The highest BCUT2D eigenvalue weighted by atomic mass is 16.5. The van der Waals surface area contributed by atoms with Gasteiger partial charge in [-0.05, 0) is 29.8 Å². The largest absolute Gasteiger partial charge is 0.493 e. The van der Waals surface area contributed by atoms with Crippen LogP contribution in [0.4, 0.5) is 5.82 Å². The van der Waals surface area contributed by atoms with Crippen LogP contribution in [0.25, 0.3) is 5.65 Å². The normalized spacial score (nSPS) is 10.3. The van der Waals surface area contributed by atoms with Gasteiger partial charge >= 0.3 is 11.9 Å². The average molecular weight is 510 g/mol. The van der Waals surface area contributed by atoms with Crippen molar-refractivity contribution in [3.05, 3.63) is 77.4 Å². The minimum absolute atomic E-state index is 0.167.